The Hall–Kier alpha value is -0.290. The third-order valence-electron chi connectivity index (χ3n) is 2.22. The first kappa shape index (κ1) is 10.8. The smallest absolute Gasteiger partial charge is 0.364 e. The van der Waals surface area contributed by atoms with E-state index in [1.165, 1.54) is 0 Å². The minimum atomic E-state index is -4.26. The summed E-state index contributed by atoms with van der Waals surface area (Å²) < 4.78 is 42.6. The van der Waals surface area contributed by atoms with Crippen LogP contribution in [0.2, 0.25) is 0 Å². The molecule has 1 heterocycles. The summed E-state index contributed by atoms with van der Waals surface area (Å²) in [6.45, 7) is 2.23. The molecule has 1 rings (SSSR count). The van der Waals surface area contributed by atoms with Gasteiger partial charge in [0.25, 0.3) is 0 Å². The lowest BCUT2D eigenvalue weighted by Crippen LogP contribution is -2.49. The number of halogens is 3. The summed E-state index contributed by atoms with van der Waals surface area (Å²) in [6, 6.07) is 0. The predicted octanol–water partition coefficient (Wildman–Crippen LogP) is 1.71. The zero-order chi connectivity index (χ0) is 9.95. The van der Waals surface area contributed by atoms with Gasteiger partial charge in [0.05, 0.1) is 0 Å². The van der Waals surface area contributed by atoms with E-state index in [9.17, 15) is 13.2 Å². The molecule has 1 fully saturated rings. The second-order valence-electron chi connectivity index (χ2n) is 3.27. The lowest BCUT2D eigenvalue weighted by atomic mass is 10.0. The van der Waals surface area contributed by atoms with Gasteiger partial charge < -0.3 is 10.1 Å². The molecule has 1 N–H and O–H groups in total. The predicted molar refractivity (Wildman–Crippen MR) is 42.5 cm³/mol. The van der Waals surface area contributed by atoms with E-state index in [4.69, 9.17) is 4.74 Å². The van der Waals surface area contributed by atoms with Crippen LogP contribution < -0.4 is 5.32 Å². The number of alkyl halides is 3. The molecule has 5 heteroatoms. The summed E-state index contributed by atoms with van der Waals surface area (Å²) in [5.74, 6) is 0. The van der Waals surface area contributed by atoms with E-state index in [-0.39, 0.29) is 19.6 Å². The fraction of sp³-hybridized carbons (Fsp3) is 1.00. The fourth-order valence-electron chi connectivity index (χ4n) is 1.41. The maximum absolute atomic E-state index is 12.6. The van der Waals surface area contributed by atoms with Crippen LogP contribution in [0.15, 0.2) is 0 Å². The molecule has 0 unspecified atom stereocenters. The van der Waals surface area contributed by atoms with Crippen LogP contribution in [0, 0.1) is 0 Å². The Morgan fingerprint density at radius 1 is 1.46 bits per heavy atom. The zero-order valence-corrected chi connectivity index (χ0v) is 7.58. The highest BCUT2D eigenvalue weighted by Gasteiger charge is 2.57. The van der Waals surface area contributed by atoms with E-state index >= 15 is 0 Å². The molecule has 0 aromatic carbocycles. The molecule has 2 nitrogen and oxygen atoms in total. The van der Waals surface area contributed by atoms with Gasteiger partial charge in [0.2, 0.25) is 0 Å². The highest BCUT2D eigenvalue weighted by Crippen LogP contribution is 2.38. The van der Waals surface area contributed by atoms with Gasteiger partial charge >= 0.3 is 6.18 Å². The molecule has 1 atom stereocenters. The number of nitrogens with one attached hydrogen (secondary N) is 1. The van der Waals surface area contributed by atoms with Gasteiger partial charge in [-0.1, -0.05) is 6.92 Å². The van der Waals surface area contributed by atoms with Crippen LogP contribution in [0.1, 0.15) is 19.8 Å². The van der Waals surface area contributed by atoms with Crippen molar-refractivity contribution < 1.29 is 17.9 Å². The van der Waals surface area contributed by atoms with Crippen LogP contribution in [-0.2, 0) is 4.74 Å². The van der Waals surface area contributed by atoms with E-state index in [1.54, 1.807) is 6.92 Å². The summed E-state index contributed by atoms with van der Waals surface area (Å²) in [4.78, 5) is 0. The van der Waals surface area contributed by atoms with Crippen molar-refractivity contribution in [3.8, 4) is 0 Å². The Balaban J connectivity index is 2.64. The van der Waals surface area contributed by atoms with Crippen molar-refractivity contribution in [2.45, 2.75) is 31.5 Å². The Bertz CT molecular complexity index is 163. The molecule has 1 saturated heterocycles. The average Bonchev–Trinajstić information content (AvgIpc) is 2.48. The molecular weight excluding hydrogens is 183 g/mol. The van der Waals surface area contributed by atoms with Gasteiger partial charge in [-0.2, -0.15) is 13.2 Å². The standard InChI is InChI=1S/C8H14F3NO/c1-2-5-13-7(8(9,10)11)3-4-12-6-7/h12H,2-6H2,1H3/t7-/m1/s1. The first-order valence-corrected chi connectivity index (χ1v) is 4.43. The van der Waals surface area contributed by atoms with E-state index in [0.717, 1.165) is 0 Å². The molecule has 0 bridgehead atoms. The van der Waals surface area contributed by atoms with Crippen LogP contribution in [-0.4, -0.2) is 31.5 Å². The van der Waals surface area contributed by atoms with Gasteiger partial charge in [-0.3, -0.25) is 0 Å². The summed E-state index contributed by atoms with van der Waals surface area (Å²) in [7, 11) is 0. The lowest BCUT2D eigenvalue weighted by Gasteiger charge is -2.30. The summed E-state index contributed by atoms with van der Waals surface area (Å²) in [5.41, 5.74) is -1.93. The molecule has 0 radical (unpaired) electrons. The Morgan fingerprint density at radius 2 is 2.15 bits per heavy atom. The summed E-state index contributed by atoms with van der Waals surface area (Å²) in [5, 5.41) is 2.68. The number of ether oxygens (including phenoxy) is 1. The molecule has 13 heavy (non-hydrogen) atoms. The van der Waals surface area contributed by atoms with Crippen LogP contribution in [0.3, 0.4) is 0 Å². The minimum Gasteiger partial charge on any atom is -0.364 e. The van der Waals surface area contributed by atoms with Gasteiger partial charge in [-0.15, -0.1) is 0 Å². The van der Waals surface area contributed by atoms with Crippen LogP contribution in [0.25, 0.3) is 0 Å². The van der Waals surface area contributed by atoms with Crippen molar-refractivity contribution >= 4 is 0 Å². The minimum absolute atomic E-state index is 0.0243. The SMILES string of the molecule is CCCO[C@]1(C(F)(F)F)CCNC1. The zero-order valence-electron chi connectivity index (χ0n) is 7.58. The summed E-state index contributed by atoms with van der Waals surface area (Å²) >= 11 is 0. The Labute approximate surface area is 75.4 Å². The van der Waals surface area contributed by atoms with E-state index in [0.29, 0.717) is 13.0 Å². The van der Waals surface area contributed by atoms with Crippen molar-refractivity contribution in [2.75, 3.05) is 19.7 Å². The molecule has 0 aliphatic carbocycles. The highest BCUT2D eigenvalue weighted by atomic mass is 19.4. The molecule has 1 aliphatic heterocycles. The van der Waals surface area contributed by atoms with E-state index in [1.807, 2.05) is 0 Å². The average molecular weight is 197 g/mol. The second kappa shape index (κ2) is 3.84. The molecule has 1 aliphatic rings. The van der Waals surface area contributed by atoms with Crippen molar-refractivity contribution in [2.24, 2.45) is 0 Å². The van der Waals surface area contributed by atoms with Gasteiger partial charge in [0, 0.05) is 13.2 Å². The fourth-order valence-corrected chi connectivity index (χ4v) is 1.41. The molecule has 0 amide bonds. The third-order valence-corrected chi connectivity index (χ3v) is 2.22. The quantitative estimate of drug-likeness (QED) is 0.743. The topological polar surface area (TPSA) is 21.3 Å². The van der Waals surface area contributed by atoms with Crippen LogP contribution in [0.4, 0.5) is 13.2 Å². The van der Waals surface area contributed by atoms with E-state index in [2.05, 4.69) is 5.32 Å². The van der Waals surface area contributed by atoms with Crippen molar-refractivity contribution in [3.05, 3.63) is 0 Å². The van der Waals surface area contributed by atoms with Gasteiger partial charge in [-0.05, 0) is 19.4 Å². The number of hydrogen-bond acceptors (Lipinski definition) is 2. The normalized spacial score (nSPS) is 29.5. The van der Waals surface area contributed by atoms with E-state index < -0.39 is 11.8 Å². The molecule has 0 spiro atoms. The van der Waals surface area contributed by atoms with Crippen molar-refractivity contribution in [1.82, 2.24) is 5.32 Å². The first-order chi connectivity index (χ1) is 6.02. The molecule has 0 aromatic rings. The highest BCUT2D eigenvalue weighted by molar-refractivity contribution is 4.96. The molecule has 0 saturated carbocycles. The van der Waals surface area contributed by atoms with Gasteiger partial charge in [-0.25, -0.2) is 0 Å². The maximum atomic E-state index is 12.6. The maximum Gasteiger partial charge on any atom is 0.418 e. The van der Waals surface area contributed by atoms with Crippen LogP contribution in [0.5, 0.6) is 0 Å². The third kappa shape index (κ3) is 2.14. The van der Waals surface area contributed by atoms with Crippen molar-refractivity contribution in [1.29, 1.82) is 0 Å². The number of rotatable bonds is 3. The second-order valence-corrected chi connectivity index (χ2v) is 3.27. The Morgan fingerprint density at radius 3 is 2.54 bits per heavy atom. The van der Waals surface area contributed by atoms with Gasteiger partial charge in [0.15, 0.2) is 5.60 Å². The molecular formula is C8H14F3NO. The van der Waals surface area contributed by atoms with Crippen LogP contribution >= 0.6 is 0 Å². The van der Waals surface area contributed by atoms with Gasteiger partial charge in [0.1, 0.15) is 0 Å². The molecule has 78 valence electrons. The monoisotopic (exact) mass is 197 g/mol. The molecule has 0 aromatic heterocycles. The first-order valence-electron chi connectivity index (χ1n) is 4.43. The van der Waals surface area contributed by atoms with Crippen molar-refractivity contribution in [3.63, 3.8) is 0 Å². The summed E-state index contributed by atoms with van der Waals surface area (Å²) in [6.07, 6.45) is -3.62. The number of hydrogen-bond donors (Lipinski definition) is 1. The largest absolute Gasteiger partial charge is 0.418 e. The Kier molecular flexibility index (Phi) is 3.18. The lowest BCUT2D eigenvalue weighted by molar-refractivity contribution is -0.269.